The summed E-state index contributed by atoms with van der Waals surface area (Å²) in [6.45, 7) is 2.16. The molecule has 0 amide bonds. The molecule has 0 aliphatic heterocycles. The van der Waals surface area contributed by atoms with E-state index in [1.165, 1.54) is 12.1 Å². The van der Waals surface area contributed by atoms with Crippen LogP contribution < -0.4 is 10.0 Å². The Kier molecular flexibility index (Phi) is 7.85. The van der Waals surface area contributed by atoms with Gasteiger partial charge in [0.2, 0.25) is 10.0 Å². The van der Waals surface area contributed by atoms with Gasteiger partial charge in [-0.2, -0.15) is 0 Å². The van der Waals surface area contributed by atoms with Gasteiger partial charge in [-0.05, 0) is 31.7 Å². The van der Waals surface area contributed by atoms with Crippen molar-refractivity contribution in [1.82, 2.24) is 10.0 Å². The average molecular weight is 331 g/mol. The Bertz CT molecular complexity index is 511. The van der Waals surface area contributed by atoms with Crippen LogP contribution >= 0.6 is 24.0 Å². The molecule has 0 aliphatic carbocycles. The van der Waals surface area contributed by atoms with Crippen LogP contribution in [0.25, 0.3) is 0 Å². The molecule has 0 radical (unpaired) electrons. The molecule has 2 N–H and O–H groups in total. The molecule has 1 rings (SSSR count). The summed E-state index contributed by atoms with van der Waals surface area (Å²) >= 11 is 5.59. The third-order valence-corrected chi connectivity index (χ3v) is 4.05. The van der Waals surface area contributed by atoms with Gasteiger partial charge in [0, 0.05) is 12.6 Å². The zero-order valence-corrected chi connectivity index (χ0v) is 13.0. The predicted molar refractivity (Wildman–Crippen MR) is 77.8 cm³/mol. The van der Waals surface area contributed by atoms with Gasteiger partial charge in [0.25, 0.3) is 0 Å². The summed E-state index contributed by atoms with van der Waals surface area (Å²) in [6.07, 6.45) is 0. The number of nitrogens with one attached hydrogen (secondary N) is 2. The lowest BCUT2D eigenvalue weighted by Gasteiger charge is -2.12. The molecule has 0 saturated heterocycles. The van der Waals surface area contributed by atoms with Crippen molar-refractivity contribution in [1.29, 1.82) is 0 Å². The smallest absolute Gasteiger partial charge is 0.215 e. The average Bonchev–Trinajstić information content (AvgIpc) is 2.30. The van der Waals surface area contributed by atoms with E-state index >= 15 is 0 Å². The molecule has 0 saturated carbocycles. The topological polar surface area (TPSA) is 58.2 Å². The quantitative estimate of drug-likeness (QED) is 0.837. The second-order valence-electron chi connectivity index (χ2n) is 4.05. The first-order valence-electron chi connectivity index (χ1n) is 5.42. The number of hydrogen-bond acceptors (Lipinski definition) is 3. The van der Waals surface area contributed by atoms with E-state index in [0.717, 1.165) is 6.07 Å². The third-order valence-electron chi connectivity index (χ3n) is 2.44. The highest BCUT2D eigenvalue weighted by molar-refractivity contribution is 7.88. The van der Waals surface area contributed by atoms with Crippen molar-refractivity contribution in [3.05, 3.63) is 34.6 Å². The molecule has 1 aromatic carbocycles. The van der Waals surface area contributed by atoms with Crippen LogP contribution in [0, 0.1) is 5.82 Å². The lowest BCUT2D eigenvalue weighted by molar-refractivity contribution is 0.553. The second kappa shape index (κ2) is 8.01. The van der Waals surface area contributed by atoms with E-state index in [1.807, 2.05) is 6.92 Å². The molecular weight excluding hydrogens is 314 g/mol. The number of likely N-dealkylation sites (N-methyl/N-ethyl adjacent to an activating group) is 1. The van der Waals surface area contributed by atoms with Crippen molar-refractivity contribution < 1.29 is 12.8 Å². The second-order valence-corrected chi connectivity index (χ2v) is 6.26. The van der Waals surface area contributed by atoms with Gasteiger partial charge >= 0.3 is 0 Å². The summed E-state index contributed by atoms with van der Waals surface area (Å²) < 4.78 is 38.9. The van der Waals surface area contributed by atoms with Crippen LogP contribution in [-0.4, -0.2) is 28.1 Å². The van der Waals surface area contributed by atoms with E-state index in [0.29, 0.717) is 12.1 Å². The fourth-order valence-corrected chi connectivity index (χ4v) is 2.68. The zero-order chi connectivity index (χ0) is 13.8. The molecule has 1 aromatic rings. The Hall–Kier alpha value is -0.400. The molecular formula is C11H17Cl2FN2O2S. The van der Waals surface area contributed by atoms with E-state index in [1.54, 1.807) is 7.05 Å². The van der Waals surface area contributed by atoms with Crippen LogP contribution in [0.2, 0.25) is 5.02 Å². The van der Waals surface area contributed by atoms with Gasteiger partial charge < -0.3 is 5.32 Å². The summed E-state index contributed by atoms with van der Waals surface area (Å²) in [7, 11) is -1.69. The maximum Gasteiger partial charge on any atom is 0.215 e. The molecule has 0 spiro atoms. The Labute approximate surface area is 124 Å². The first-order chi connectivity index (χ1) is 8.34. The first kappa shape index (κ1) is 18.6. The minimum atomic E-state index is -3.44. The number of benzene rings is 1. The minimum Gasteiger partial charge on any atom is -0.316 e. The molecule has 19 heavy (non-hydrogen) atoms. The van der Waals surface area contributed by atoms with Crippen LogP contribution in [0.15, 0.2) is 18.2 Å². The van der Waals surface area contributed by atoms with Crippen molar-refractivity contribution in [2.45, 2.75) is 18.7 Å². The summed E-state index contributed by atoms with van der Waals surface area (Å²) in [4.78, 5) is 0. The van der Waals surface area contributed by atoms with E-state index in [2.05, 4.69) is 10.0 Å². The molecule has 0 fully saturated rings. The lowest BCUT2D eigenvalue weighted by atomic mass is 10.2. The SMILES string of the molecule is CNC(C)CNS(=O)(=O)Cc1ccc(F)c(Cl)c1.Cl. The highest BCUT2D eigenvalue weighted by atomic mass is 35.5. The Balaban J connectivity index is 0.00000324. The predicted octanol–water partition coefficient (Wildman–Crippen LogP) is 1.93. The Morgan fingerprint density at radius 1 is 1.42 bits per heavy atom. The summed E-state index contributed by atoms with van der Waals surface area (Å²) in [5.41, 5.74) is 0.450. The normalized spacial score (nSPS) is 12.8. The molecule has 110 valence electrons. The van der Waals surface area contributed by atoms with Crippen molar-refractivity contribution in [2.75, 3.05) is 13.6 Å². The molecule has 0 bridgehead atoms. The van der Waals surface area contributed by atoms with Crippen LogP contribution in [0.4, 0.5) is 4.39 Å². The van der Waals surface area contributed by atoms with E-state index in [9.17, 15) is 12.8 Å². The zero-order valence-electron chi connectivity index (χ0n) is 10.6. The number of rotatable bonds is 6. The van der Waals surface area contributed by atoms with Gasteiger partial charge in [-0.3, -0.25) is 0 Å². The van der Waals surface area contributed by atoms with Gasteiger partial charge in [0.1, 0.15) is 5.82 Å². The number of hydrogen-bond donors (Lipinski definition) is 2. The third kappa shape index (κ3) is 6.54. The highest BCUT2D eigenvalue weighted by Crippen LogP contribution is 2.17. The van der Waals surface area contributed by atoms with Gasteiger partial charge in [-0.15, -0.1) is 12.4 Å². The highest BCUT2D eigenvalue weighted by Gasteiger charge is 2.13. The summed E-state index contributed by atoms with van der Waals surface area (Å²) in [5, 5.41) is 2.84. The largest absolute Gasteiger partial charge is 0.316 e. The molecule has 4 nitrogen and oxygen atoms in total. The number of sulfonamides is 1. The maximum atomic E-state index is 12.9. The van der Waals surface area contributed by atoms with Crippen molar-refractivity contribution in [3.63, 3.8) is 0 Å². The van der Waals surface area contributed by atoms with Gasteiger partial charge in [0.15, 0.2) is 0 Å². The summed E-state index contributed by atoms with van der Waals surface area (Å²) in [6, 6.07) is 3.92. The van der Waals surface area contributed by atoms with Gasteiger partial charge in [0.05, 0.1) is 10.8 Å². The Morgan fingerprint density at radius 3 is 2.58 bits per heavy atom. The Morgan fingerprint density at radius 2 is 2.05 bits per heavy atom. The van der Waals surface area contributed by atoms with Gasteiger partial charge in [-0.1, -0.05) is 17.7 Å². The molecule has 0 heterocycles. The molecule has 0 aliphatic rings. The van der Waals surface area contributed by atoms with Crippen LogP contribution in [0.1, 0.15) is 12.5 Å². The van der Waals surface area contributed by atoms with Crippen LogP contribution in [0.5, 0.6) is 0 Å². The standard InChI is InChI=1S/C11H16ClFN2O2S.ClH/c1-8(14-2)6-15-18(16,17)7-9-3-4-11(13)10(12)5-9;/h3-5,8,14-15H,6-7H2,1-2H3;1H. The van der Waals surface area contributed by atoms with Crippen LogP contribution in [0.3, 0.4) is 0 Å². The van der Waals surface area contributed by atoms with Crippen molar-refractivity contribution in [2.24, 2.45) is 0 Å². The molecule has 8 heteroatoms. The molecule has 1 atom stereocenters. The fraction of sp³-hybridized carbons (Fsp3) is 0.455. The monoisotopic (exact) mass is 330 g/mol. The molecule has 1 unspecified atom stereocenters. The van der Waals surface area contributed by atoms with E-state index in [-0.39, 0.29) is 29.2 Å². The van der Waals surface area contributed by atoms with Crippen LogP contribution in [-0.2, 0) is 15.8 Å². The fourth-order valence-electron chi connectivity index (χ4n) is 1.25. The number of halogens is 3. The minimum absolute atomic E-state index is 0. The van der Waals surface area contributed by atoms with Crippen molar-refractivity contribution >= 4 is 34.0 Å². The van der Waals surface area contributed by atoms with E-state index < -0.39 is 15.8 Å². The maximum absolute atomic E-state index is 12.9. The van der Waals surface area contributed by atoms with Crippen molar-refractivity contribution in [3.8, 4) is 0 Å². The lowest BCUT2D eigenvalue weighted by Crippen LogP contribution is -2.37. The van der Waals surface area contributed by atoms with E-state index in [4.69, 9.17) is 11.6 Å². The van der Waals surface area contributed by atoms with Gasteiger partial charge in [-0.25, -0.2) is 17.5 Å². The molecule has 0 aromatic heterocycles. The summed E-state index contributed by atoms with van der Waals surface area (Å²) in [5.74, 6) is -0.779. The first-order valence-corrected chi connectivity index (χ1v) is 7.45.